The molecule has 7 heteroatoms. The number of hydrogen-bond acceptors (Lipinski definition) is 7. The summed E-state index contributed by atoms with van der Waals surface area (Å²) in [6.07, 6.45) is 0.173. The number of carbonyl (C=O) groups excluding carboxylic acids is 1. The van der Waals surface area contributed by atoms with E-state index in [1.165, 1.54) is 22.7 Å². The van der Waals surface area contributed by atoms with Crippen LogP contribution in [0.15, 0.2) is 5.38 Å². The topological polar surface area (TPSA) is 72.3 Å². The SMILES string of the molecule is Cc1nc(CO)sc1-c1csc(CC(=O)OC(C)(C)C)n1. The number of thiazole rings is 2. The lowest BCUT2D eigenvalue weighted by Gasteiger charge is -2.18. The highest BCUT2D eigenvalue weighted by Gasteiger charge is 2.19. The van der Waals surface area contributed by atoms with Crippen LogP contribution in [0.2, 0.25) is 0 Å². The summed E-state index contributed by atoms with van der Waals surface area (Å²) >= 11 is 2.85. The highest BCUT2D eigenvalue weighted by atomic mass is 32.1. The Balaban J connectivity index is 2.11. The van der Waals surface area contributed by atoms with Crippen molar-refractivity contribution in [1.29, 1.82) is 0 Å². The van der Waals surface area contributed by atoms with Gasteiger partial charge in [0.1, 0.15) is 15.6 Å². The molecule has 1 N–H and O–H groups in total. The summed E-state index contributed by atoms with van der Waals surface area (Å²) in [5, 5.41) is 12.4. The maximum Gasteiger partial charge on any atom is 0.313 e. The Morgan fingerprint density at radius 1 is 1.33 bits per heavy atom. The van der Waals surface area contributed by atoms with Gasteiger partial charge in [0.15, 0.2) is 0 Å². The maximum atomic E-state index is 11.8. The van der Waals surface area contributed by atoms with Gasteiger partial charge in [-0.05, 0) is 27.7 Å². The number of nitrogens with zero attached hydrogens (tertiary/aromatic N) is 2. The summed E-state index contributed by atoms with van der Waals surface area (Å²) in [6.45, 7) is 7.35. The molecule has 0 amide bonds. The highest BCUT2D eigenvalue weighted by molar-refractivity contribution is 7.16. The van der Waals surface area contributed by atoms with Crippen LogP contribution in [0, 0.1) is 6.92 Å². The van der Waals surface area contributed by atoms with E-state index in [2.05, 4.69) is 9.97 Å². The molecule has 2 rings (SSSR count). The first-order valence-corrected chi connectivity index (χ1v) is 8.22. The van der Waals surface area contributed by atoms with Crippen molar-refractivity contribution in [2.24, 2.45) is 0 Å². The van der Waals surface area contributed by atoms with Gasteiger partial charge in [0.05, 0.1) is 29.3 Å². The summed E-state index contributed by atoms with van der Waals surface area (Å²) in [4.78, 5) is 21.5. The highest BCUT2D eigenvalue weighted by Crippen LogP contribution is 2.31. The standard InChI is InChI=1S/C14H18N2O3S2/c1-8-13(21-11(6-17)15-8)9-7-20-10(16-9)5-12(18)19-14(2,3)4/h7,17H,5-6H2,1-4H3. The number of aliphatic hydroxyl groups excluding tert-OH is 1. The van der Waals surface area contributed by atoms with Gasteiger partial charge in [-0.1, -0.05) is 0 Å². The first kappa shape index (κ1) is 16.1. The quantitative estimate of drug-likeness (QED) is 0.875. The van der Waals surface area contributed by atoms with E-state index in [0.717, 1.165) is 21.3 Å². The Bertz CT molecular complexity index is 641. The molecule has 0 aliphatic carbocycles. The van der Waals surface area contributed by atoms with Crippen LogP contribution in [0.25, 0.3) is 10.6 Å². The molecule has 0 aliphatic heterocycles. The van der Waals surface area contributed by atoms with Crippen molar-refractivity contribution in [1.82, 2.24) is 9.97 Å². The van der Waals surface area contributed by atoms with Crippen molar-refractivity contribution in [3.8, 4) is 10.6 Å². The zero-order valence-corrected chi connectivity index (χ0v) is 14.1. The predicted molar refractivity (Wildman–Crippen MR) is 83.4 cm³/mol. The molecule has 0 spiro atoms. The van der Waals surface area contributed by atoms with Crippen molar-refractivity contribution in [3.05, 3.63) is 21.1 Å². The predicted octanol–water partition coefficient (Wildman–Crippen LogP) is 2.95. The van der Waals surface area contributed by atoms with Gasteiger partial charge < -0.3 is 9.84 Å². The Morgan fingerprint density at radius 3 is 2.62 bits per heavy atom. The van der Waals surface area contributed by atoms with Crippen molar-refractivity contribution < 1.29 is 14.6 Å². The summed E-state index contributed by atoms with van der Waals surface area (Å²) in [5.41, 5.74) is 1.16. The van der Waals surface area contributed by atoms with Gasteiger partial charge in [0.2, 0.25) is 0 Å². The molecule has 0 aromatic carbocycles. The number of aryl methyl sites for hydroxylation is 1. The van der Waals surface area contributed by atoms with E-state index < -0.39 is 5.60 Å². The second-order valence-corrected chi connectivity index (χ2v) is 7.60. The molecular formula is C14H18N2O3S2. The first-order chi connectivity index (χ1) is 9.78. The average molecular weight is 326 g/mol. The van der Waals surface area contributed by atoms with E-state index in [-0.39, 0.29) is 19.0 Å². The van der Waals surface area contributed by atoms with Crippen LogP contribution in [0.1, 0.15) is 36.5 Å². The third-order valence-electron chi connectivity index (χ3n) is 2.48. The second kappa shape index (κ2) is 6.21. The molecule has 0 bridgehead atoms. The van der Waals surface area contributed by atoms with Crippen LogP contribution < -0.4 is 0 Å². The number of aromatic nitrogens is 2. The summed E-state index contributed by atoms with van der Waals surface area (Å²) in [7, 11) is 0. The molecule has 0 fully saturated rings. The largest absolute Gasteiger partial charge is 0.460 e. The van der Waals surface area contributed by atoms with Gasteiger partial charge in [-0.25, -0.2) is 9.97 Å². The van der Waals surface area contributed by atoms with Crippen molar-refractivity contribution >= 4 is 28.6 Å². The molecule has 21 heavy (non-hydrogen) atoms. The van der Waals surface area contributed by atoms with Crippen LogP contribution in [-0.4, -0.2) is 26.6 Å². The molecule has 0 aliphatic rings. The molecule has 0 saturated carbocycles. The molecule has 2 heterocycles. The fraction of sp³-hybridized carbons (Fsp3) is 0.500. The third kappa shape index (κ3) is 4.33. The van der Waals surface area contributed by atoms with Gasteiger partial charge >= 0.3 is 5.97 Å². The zero-order valence-electron chi connectivity index (χ0n) is 12.5. The first-order valence-electron chi connectivity index (χ1n) is 6.52. The Kier molecular flexibility index (Phi) is 4.75. The number of esters is 1. The van der Waals surface area contributed by atoms with Gasteiger partial charge in [-0.3, -0.25) is 4.79 Å². The van der Waals surface area contributed by atoms with Gasteiger partial charge in [0.25, 0.3) is 0 Å². The van der Waals surface area contributed by atoms with Crippen molar-refractivity contribution in [3.63, 3.8) is 0 Å². The smallest absolute Gasteiger partial charge is 0.313 e. The molecule has 2 aromatic heterocycles. The molecule has 114 valence electrons. The minimum atomic E-state index is -0.485. The number of hydrogen-bond donors (Lipinski definition) is 1. The average Bonchev–Trinajstić information content (AvgIpc) is 2.93. The number of aliphatic hydroxyl groups is 1. The Labute approximate surface area is 131 Å². The molecule has 0 atom stereocenters. The van der Waals surface area contributed by atoms with E-state index in [1.54, 1.807) is 0 Å². The number of rotatable bonds is 4. The van der Waals surface area contributed by atoms with E-state index in [9.17, 15) is 4.79 Å². The normalized spacial score (nSPS) is 11.7. The fourth-order valence-corrected chi connectivity index (χ4v) is 3.49. The lowest BCUT2D eigenvalue weighted by molar-refractivity contribution is -0.153. The zero-order chi connectivity index (χ0) is 15.6. The Hall–Kier alpha value is -1.31. The minimum absolute atomic E-state index is 0.0690. The summed E-state index contributed by atoms with van der Waals surface area (Å²) in [5.74, 6) is -0.277. The molecule has 0 unspecified atom stereocenters. The summed E-state index contributed by atoms with van der Waals surface area (Å²) in [6, 6.07) is 0. The van der Waals surface area contributed by atoms with Gasteiger partial charge in [-0.2, -0.15) is 0 Å². The summed E-state index contributed by atoms with van der Waals surface area (Å²) < 4.78 is 5.29. The molecule has 5 nitrogen and oxygen atoms in total. The van der Waals surface area contributed by atoms with E-state index in [4.69, 9.17) is 9.84 Å². The van der Waals surface area contributed by atoms with Crippen LogP contribution >= 0.6 is 22.7 Å². The van der Waals surface area contributed by atoms with Crippen molar-refractivity contribution in [2.45, 2.75) is 46.3 Å². The Morgan fingerprint density at radius 2 is 2.05 bits per heavy atom. The van der Waals surface area contributed by atoms with Gasteiger partial charge in [0, 0.05) is 5.38 Å². The molecule has 0 saturated heterocycles. The van der Waals surface area contributed by atoms with Crippen LogP contribution in [0.3, 0.4) is 0 Å². The number of ether oxygens (including phenoxy) is 1. The maximum absolute atomic E-state index is 11.8. The lowest BCUT2D eigenvalue weighted by atomic mass is 10.2. The number of carbonyl (C=O) groups is 1. The van der Waals surface area contributed by atoms with E-state index >= 15 is 0 Å². The fourth-order valence-electron chi connectivity index (χ4n) is 1.76. The van der Waals surface area contributed by atoms with Crippen molar-refractivity contribution in [2.75, 3.05) is 0 Å². The minimum Gasteiger partial charge on any atom is -0.460 e. The van der Waals surface area contributed by atoms with E-state index in [1.807, 2.05) is 33.1 Å². The molecular weight excluding hydrogens is 308 g/mol. The van der Waals surface area contributed by atoms with Crippen LogP contribution in [0.4, 0.5) is 0 Å². The van der Waals surface area contributed by atoms with Crippen LogP contribution in [-0.2, 0) is 22.6 Å². The van der Waals surface area contributed by atoms with Gasteiger partial charge in [-0.15, -0.1) is 22.7 Å². The van der Waals surface area contributed by atoms with Crippen LogP contribution in [0.5, 0.6) is 0 Å². The molecule has 2 aromatic rings. The molecule has 0 radical (unpaired) electrons. The monoisotopic (exact) mass is 326 g/mol. The lowest BCUT2D eigenvalue weighted by Crippen LogP contribution is -2.24. The van der Waals surface area contributed by atoms with E-state index in [0.29, 0.717) is 5.01 Å². The third-order valence-corrected chi connectivity index (χ3v) is 4.49. The second-order valence-electron chi connectivity index (χ2n) is 5.57.